The van der Waals surface area contributed by atoms with E-state index < -0.39 is 7.25 Å². The molecule has 0 unspecified atom stereocenters. The normalized spacial score (nSPS) is 21.0. The van der Waals surface area contributed by atoms with E-state index in [0.29, 0.717) is 0 Å². The van der Waals surface area contributed by atoms with Gasteiger partial charge in [0, 0.05) is 13.1 Å². The Bertz CT molecular complexity index is 150. The van der Waals surface area contributed by atoms with Crippen molar-refractivity contribution in [2.24, 2.45) is 0 Å². The fourth-order valence-electron chi connectivity index (χ4n) is 1.25. The van der Waals surface area contributed by atoms with Gasteiger partial charge in [-0.2, -0.15) is 0 Å². The quantitative estimate of drug-likeness (QED) is 0.396. The topological polar surface area (TPSA) is 12.0 Å². The molecule has 0 atom stereocenters. The maximum atomic E-state index is 9.75. The highest BCUT2D eigenvalue weighted by molar-refractivity contribution is 6.50. The summed E-state index contributed by atoms with van der Waals surface area (Å²) >= 11 is 0. The molecule has 1 fully saturated rings. The third kappa shape index (κ3) is 8.31. The highest BCUT2D eigenvalue weighted by Crippen LogP contribution is 2.06. The minimum atomic E-state index is -6.00. The summed E-state index contributed by atoms with van der Waals surface area (Å²) in [5.41, 5.74) is 0. The summed E-state index contributed by atoms with van der Waals surface area (Å²) in [6.45, 7) is 8.55. The predicted molar refractivity (Wildman–Crippen MR) is 49.5 cm³/mol. The standard InChI is InChI=1S/C7H17N2.BF4/c1-3-9(2)6-4-8-5-7-9;2-1(3,4)5/h8H,3-7H2,1-2H3;/q+1;-1. The van der Waals surface area contributed by atoms with E-state index in [1.54, 1.807) is 0 Å². The van der Waals surface area contributed by atoms with Crippen molar-refractivity contribution in [3.8, 4) is 0 Å². The van der Waals surface area contributed by atoms with Gasteiger partial charge in [0.25, 0.3) is 0 Å². The van der Waals surface area contributed by atoms with E-state index in [2.05, 4.69) is 19.3 Å². The van der Waals surface area contributed by atoms with E-state index in [-0.39, 0.29) is 0 Å². The van der Waals surface area contributed by atoms with Crippen LogP contribution in [0.2, 0.25) is 0 Å². The van der Waals surface area contributed by atoms with Crippen LogP contribution < -0.4 is 5.32 Å². The van der Waals surface area contributed by atoms with Gasteiger partial charge >= 0.3 is 7.25 Å². The second-order valence-corrected chi connectivity index (χ2v) is 3.63. The van der Waals surface area contributed by atoms with Crippen molar-refractivity contribution in [2.75, 3.05) is 39.8 Å². The molecule has 0 aromatic heterocycles. The lowest BCUT2D eigenvalue weighted by molar-refractivity contribution is -0.909. The van der Waals surface area contributed by atoms with Gasteiger partial charge in [0.2, 0.25) is 0 Å². The molecule has 0 aromatic carbocycles. The molecule has 2 nitrogen and oxygen atoms in total. The second-order valence-electron chi connectivity index (χ2n) is 3.63. The largest absolute Gasteiger partial charge is 0.673 e. The zero-order valence-corrected chi connectivity index (χ0v) is 8.57. The number of rotatable bonds is 1. The van der Waals surface area contributed by atoms with Crippen LogP contribution in [0.25, 0.3) is 0 Å². The summed E-state index contributed by atoms with van der Waals surface area (Å²) in [5, 5.41) is 3.36. The van der Waals surface area contributed by atoms with Gasteiger partial charge in [-0.3, -0.25) is 0 Å². The van der Waals surface area contributed by atoms with Gasteiger partial charge in [-0.15, -0.1) is 0 Å². The number of hydrogen-bond acceptors (Lipinski definition) is 1. The minimum Gasteiger partial charge on any atom is -0.418 e. The highest BCUT2D eigenvalue weighted by atomic mass is 19.5. The zero-order chi connectivity index (χ0) is 11.2. The van der Waals surface area contributed by atoms with Crippen LogP contribution in [0.5, 0.6) is 0 Å². The molecule has 0 radical (unpaired) electrons. The second kappa shape index (κ2) is 5.55. The van der Waals surface area contributed by atoms with Gasteiger partial charge in [0.1, 0.15) is 0 Å². The van der Waals surface area contributed by atoms with Gasteiger partial charge in [-0.1, -0.05) is 0 Å². The van der Waals surface area contributed by atoms with Crippen LogP contribution >= 0.6 is 0 Å². The third-order valence-corrected chi connectivity index (χ3v) is 2.42. The molecule has 1 saturated heterocycles. The number of nitrogens with zero attached hydrogens (tertiary/aromatic N) is 1. The Morgan fingerprint density at radius 2 is 1.50 bits per heavy atom. The number of hydrogen-bond donors (Lipinski definition) is 1. The van der Waals surface area contributed by atoms with E-state index in [4.69, 9.17) is 0 Å². The number of piperazine rings is 1. The monoisotopic (exact) mass is 216 g/mol. The highest BCUT2D eigenvalue weighted by Gasteiger charge is 2.21. The smallest absolute Gasteiger partial charge is 0.418 e. The maximum Gasteiger partial charge on any atom is 0.673 e. The number of nitrogens with one attached hydrogen (secondary N) is 1. The Morgan fingerprint density at radius 1 is 1.14 bits per heavy atom. The summed E-state index contributed by atoms with van der Waals surface area (Å²) in [6, 6.07) is 0. The molecule has 14 heavy (non-hydrogen) atoms. The first-order chi connectivity index (χ1) is 6.27. The van der Waals surface area contributed by atoms with Crippen molar-refractivity contribution >= 4 is 7.25 Å². The number of likely N-dealkylation sites (N-methyl/N-ethyl adjacent to an activating group) is 1. The minimum absolute atomic E-state index is 1.20. The Hall–Kier alpha value is -0.295. The predicted octanol–water partition coefficient (Wildman–Crippen LogP) is 1.36. The molecular weight excluding hydrogens is 199 g/mol. The fraction of sp³-hybridized carbons (Fsp3) is 1.00. The van der Waals surface area contributed by atoms with E-state index in [0.717, 1.165) is 0 Å². The molecule has 7 heteroatoms. The molecule has 1 aliphatic heterocycles. The Kier molecular flexibility index (Phi) is 5.44. The molecule has 1 heterocycles. The first-order valence-electron chi connectivity index (χ1n) is 4.68. The molecule has 0 aliphatic carbocycles. The molecule has 0 bridgehead atoms. The Morgan fingerprint density at radius 3 is 1.71 bits per heavy atom. The van der Waals surface area contributed by atoms with Crippen molar-refractivity contribution in [1.29, 1.82) is 0 Å². The molecule has 0 spiro atoms. The van der Waals surface area contributed by atoms with Crippen LogP contribution in [0, 0.1) is 0 Å². The third-order valence-electron chi connectivity index (χ3n) is 2.42. The summed E-state index contributed by atoms with van der Waals surface area (Å²) < 4.78 is 40.3. The average molecular weight is 216 g/mol. The Labute approximate surface area is 82.0 Å². The fourth-order valence-corrected chi connectivity index (χ4v) is 1.25. The lowest BCUT2D eigenvalue weighted by Crippen LogP contribution is -2.55. The van der Waals surface area contributed by atoms with Crippen LogP contribution in [0.3, 0.4) is 0 Å². The first-order valence-corrected chi connectivity index (χ1v) is 4.68. The molecule has 0 saturated carbocycles. The van der Waals surface area contributed by atoms with Crippen LogP contribution in [0.1, 0.15) is 6.92 Å². The van der Waals surface area contributed by atoms with E-state index in [9.17, 15) is 17.3 Å². The van der Waals surface area contributed by atoms with E-state index in [1.807, 2.05) is 0 Å². The van der Waals surface area contributed by atoms with Crippen LogP contribution in [0.15, 0.2) is 0 Å². The summed E-state index contributed by atoms with van der Waals surface area (Å²) in [5.74, 6) is 0. The SMILES string of the molecule is CC[N+]1(C)CCNCC1.F[B-](F)(F)F. The van der Waals surface area contributed by atoms with Gasteiger partial charge in [0.05, 0.1) is 26.7 Å². The molecule has 86 valence electrons. The van der Waals surface area contributed by atoms with Crippen molar-refractivity contribution in [3.63, 3.8) is 0 Å². The van der Waals surface area contributed by atoms with Gasteiger partial charge < -0.3 is 27.1 Å². The van der Waals surface area contributed by atoms with Crippen molar-refractivity contribution in [1.82, 2.24) is 5.32 Å². The van der Waals surface area contributed by atoms with Crippen molar-refractivity contribution in [3.05, 3.63) is 0 Å². The van der Waals surface area contributed by atoms with Crippen LogP contribution in [-0.2, 0) is 0 Å². The van der Waals surface area contributed by atoms with E-state index >= 15 is 0 Å². The molecule has 0 amide bonds. The van der Waals surface area contributed by atoms with Crippen LogP contribution in [-0.4, -0.2) is 51.5 Å². The van der Waals surface area contributed by atoms with Gasteiger partial charge in [0.15, 0.2) is 0 Å². The first kappa shape index (κ1) is 13.7. The molecule has 1 aliphatic rings. The lowest BCUT2D eigenvalue weighted by atomic mass is 10.3. The average Bonchev–Trinajstić information content (AvgIpc) is 2.03. The molecular formula is C7H17BF4N2. The molecule has 1 rings (SSSR count). The summed E-state index contributed by atoms with van der Waals surface area (Å²) in [7, 11) is -3.67. The zero-order valence-electron chi connectivity index (χ0n) is 8.57. The summed E-state index contributed by atoms with van der Waals surface area (Å²) in [6.07, 6.45) is 0. The number of quaternary nitrogens is 1. The van der Waals surface area contributed by atoms with E-state index in [1.165, 1.54) is 37.2 Å². The molecule has 0 aromatic rings. The van der Waals surface area contributed by atoms with Gasteiger partial charge in [-0.05, 0) is 6.92 Å². The summed E-state index contributed by atoms with van der Waals surface area (Å²) in [4.78, 5) is 0. The lowest BCUT2D eigenvalue weighted by Gasteiger charge is -2.36. The number of halogens is 4. The van der Waals surface area contributed by atoms with Gasteiger partial charge in [-0.25, -0.2) is 0 Å². The Balaban J connectivity index is 0.000000292. The van der Waals surface area contributed by atoms with Crippen LogP contribution in [0.4, 0.5) is 17.3 Å². The van der Waals surface area contributed by atoms with Crippen molar-refractivity contribution < 1.29 is 21.7 Å². The van der Waals surface area contributed by atoms with Crippen molar-refractivity contribution in [2.45, 2.75) is 6.92 Å². The molecule has 1 N–H and O–H groups in total. The maximum absolute atomic E-state index is 9.75.